The normalized spacial score (nSPS) is 14.9. The molecule has 0 aliphatic rings. The molecule has 3 heteroatoms. The summed E-state index contributed by atoms with van der Waals surface area (Å²) in [4.78, 5) is 2.35. The van der Waals surface area contributed by atoms with Gasteiger partial charge in [-0.3, -0.25) is 4.90 Å². The van der Waals surface area contributed by atoms with Gasteiger partial charge in [0.25, 0.3) is 0 Å². The van der Waals surface area contributed by atoms with Crippen LogP contribution < -0.4 is 10.5 Å². The molecule has 0 fully saturated rings. The average molecular weight is 250 g/mol. The highest BCUT2D eigenvalue weighted by molar-refractivity contribution is 5.29. The molecule has 2 N–H and O–H groups in total. The van der Waals surface area contributed by atoms with E-state index in [0.717, 1.165) is 5.75 Å². The van der Waals surface area contributed by atoms with Crippen LogP contribution in [0.3, 0.4) is 0 Å². The Morgan fingerprint density at radius 3 is 2.11 bits per heavy atom. The molecule has 2 atom stereocenters. The van der Waals surface area contributed by atoms with E-state index in [0.29, 0.717) is 18.5 Å². The summed E-state index contributed by atoms with van der Waals surface area (Å²) in [6.45, 7) is 7.35. The number of likely N-dealkylation sites (N-methyl/N-ethyl adjacent to an activating group) is 1. The summed E-state index contributed by atoms with van der Waals surface area (Å²) in [5.74, 6) is 1.50. The Kier molecular flexibility index (Phi) is 5.63. The van der Waals surface area contributed by atoms with E-state index in [-0.39, 0.29) is 6.04 Å². The fourth-order valence-electron chi connectivity index (χ4n) is 2.12. The van der Waals surface area contributed by atoms with Crippen molar-refractivity contribution in [1.29, 1.82) is 0 Å². The highest BCUT2D eigenvalue weighted by Crippen LogP contribution is 2.24. The maximum Gasteiger partial charge on any atom is 0.118 e. The van der Waals surface area contributed by atoms with Gasteiger partial charge in [0.05, 0.1) is 7.11 Å². The zero-order valence-electron chi connectivity index (χ0n) is 12.2. The molecule has 1 rings (SSSR count). The molecule has 3 nitrogen and oxygen atoms in total. The Labute approximate surface area is 111 Å². The fourth-order valence-corrected chi connectivity index (χ4v) is 2.12. The van der Waals surface area contributed by atoms with Crippen molar-refractivity contribution in [3.8, 4) is 5.75 Å². The minimum absolute atomic E-state index is 0.258. The molecule has 1 aromatic carbocycles. The molecule has 0 amide bonds. The quantitative estimate of drug-likeness (QED) is 0.843. The van der Waals surface area contributed by atoms with Gasteiger partial charge in [-0.1, -0.05) is 26.0 Å². The van der Waals surface area contributed by atoms with Gasteiger partial charge in [-0.15, -0.1) is 0 Å². The van der Waals surface area contributed by atoms with Crippen LogP contribution >= 0.6 is 0 Å². The summed E-state index contributed by atoms with van der Waals surface area (Å²) in [7, 11) is 3.83. The number of hydrogen-bond acceptors (Lipinski definition) is 3. The largest absolute Gasteiger partial charge is 0.497 e. The van der Waals surface area contributed by atoms with Gasteiger partial charge in [-0.05, 0) is 37.6 Å². The van der Waals surface area contributed by atoms with E-state index in [1.807, 2.05) is 12.1 Å². The minimum atomic E-state index is 0.258. The predicted octanol–water partition coefficient (Wildman–Crippen LogP) is 2.67. The zero-order valence-corrected chi connectivity index (χ0v) is 12.2. The van der Waals surface area contributed by atoms with Crippen LogP contribution in [-0.4, -0.2) is 31.6 Å². The maximum absolute atomic E-state index is 5.94. The lowest BCUT2D eigenvalue weighted by atomic mass is 9.99. The molecule has 0 heterocycles. The van der Waals surface area contributed by atoms with Gasteiger partial charge in [0.1, 0.15) is 5.75 Å². The number of ether oxygens (including phenoxy) is 1. The highest BCUT2D eigenvalue weighted by atomic mass is 16.5. The summed E-state index contributed by atoms with van der Waals surface area (Å²) in [5.41, 5.74) is 7.19. The van der Waals surface area contributed by atoms with Crippen LogP contribution in [0.25, 0.3) is 0 Å². The number of rotatable bonds is 6. The first-order valence-corrected chi connectivity index (χ1v) is 6.57. The number of hydrogen-bond donors (Lipinski definition) is 1. The van der Waals surface area contributed by atoms with Gasteiger partial charge in [-0.2, -0.15) is 0 Å². The molecule has 2 unspecified atom stereocenters. The van der Waals surface area contributed by atoms with Crippen LogP contribution in [0.15, 0.2) is 24.3 Å². The first-order valence-electron chi connectivity index (χ1n) is 6.57. The lowest BCUT2D eigenvalue weighted by Crippen LogP contribution is -2.39. The summed E-state index contributed by atoms with van der Waals surface area (Å²) in [6, 6.07) is 8.94. The molecule has 0 saturated carbocycles. The Hall–Kier alpha value is -1.06. The van der Waals surface area contributed by atoms with Crippen molar-refractivity contribution in [3.05, 3.63) is 29.8 Å². The Morgan fingerprint density at radius 1 is 1.17 bits per heavy atom. The smallest absolute Gasteiger partial charge is 0.118 e. The molecule has 18 heavy (non-hydrogen) atoms. The average Bonchev–Trinajstić information content (AvgIpc) is 2.39. The zero-order chi connectivity index (χ0) is 13.7. The van der Waals surface area contributed by atoms with Gasteiger partial charge in [0, 0.05) is 18.6 Å². The predicted molar refractivity (Wildman–Crippen MR) is 76.9 cm³/mol. The van der Waals surface area contributed by atoms with Gasteiger partial charge in [0.15, 0.2) is 0 Å². The molecular weight excluding hydrogens is 224 g/mol. The summed E-state index contributed by atoms with van der Waals surface area (Å²) in [6.07, 6.45) is 0. The van der Waals surface area contributed by atoms with Crippen LogP contribution in [0.1, 0.15) is 32.4 Å². The van der Waals surface area contributed by atoms with Gasteiger partial charge in [0.2, 0.25) is 0 Å². The SMILES string of the molecule is COc1ccc(C(CN)N(C)C(C)C(C)C)cc1. The van der Waals surface area contributed by atoms with E-state index in [1.165, 1.54) is 5.56 Å². The molecule has 0 saturated heterocycles. The third kappa shape index (κ3) is 3.47. The minimum Gasteiger partial charge on any atom is -0.497 e. The van der Waals surface area contributed by atoms with Crippen molar-refractivity contribution in [3.63, 3.8) is 0 Å². The maximum atomic E-state index is 5.94. The van der Waals surface area contributed by atoms with Gasteiger partial charge < -0.3 is 10.5 Å². The van der Waals surface area contributed by atoms with Crippen molar-refractivity contribution in [1.82, 2.24) is 4.90 Å². The first-order chi connectivity index (χ1) is 8.51. The second-order valence-electron chi connectivity index (χ2n) is 5.17. The number of nitrogens with two attached hydrogens (primary N) is 1. The van der Waals surface area contributed by atoms with Crippen molar-refractivity contribution < 1.29 is 4.74 Å². The van der Waals surface area contributed by atoms with E-state index in [9.17, 15) is 0 Å². The Balaban J connectivity index is 2.87. The van der Waals surface area contributed by atoms with Crippen LogP contribution in [0.5, 0.6) is 5.75 Å². The van der Waals surface area contributed by atoms with Crippen molar-refractivity contribution in [2.75, 3.05) is 20.7 Å². The number of methoxy groups -OCH3 is 1. The topological polar surface area (TPSA) is 38.5 Å². The molecule has 0 bridgehead atoms. The summed E-state index contributed by atoms with van der Waals surface area (Å²) < 4.78 is 5.18. The van der Waals surface area contributed by atoms with Crippen molar-refractivity contribution >= 4 is 0 Å². The van der Waals surface area contributed by atoms with E-state index >= 15 is 0 Å². The molecule has 0 radical (unpaired) electrons. The van der Waals surface area contributed by atoms with Crippen LogP contribution in [0.2, 0.25) is 0 Å². The van der Waals surface area contributed by atoms with Crippen molar-refractivity contribution in [2.24, 2.45) is 11.7 Å². The standard InChI is InChI=1S/C15H26N2O/c1-11(2)12(3)17(4)15(10-16)13-6-8-14(18-5)9-7-13/h6-9,11-12,15H,10,16H2,1-5H3. The molecular formula is C15H26N2O. The Bertz CT molecular complexity index is 348. The summed E-state index contributed by atoms with van der Waals surface area (Å²) >= 11 is 0. The summed E-state index contributed by atoms with van der Waals surface area (Å²) in [5, 5.41) is 0. The van der Waals surface area contributed by atoms with E-state index in [4.69, 9.17) is 10.5 Å². The lowest BCUT2D eigenvalue weighted by Gasteiger charge is -2.35. The van der Waals surface area contributed by atoms with Gasteiger partial charge in [-0.25, -0.2) is 0 Å². The molecule has 1 aromatic rings. The number of nitrogens with zero attached hydrogens (tertiary/aromatic N) is 1. The monoisotopic (exact) mass is 250 g/mol. The van der Waals surface area contributed by atoms with E-state index < -0.39 is 0 Å². The van der Waals surface area contributed by atoms with Crippen molar-refractivity contribution in [2.45, 2.75) is 32.9 Å². The lowest BCUT2D eigenvalue weighted by molar-refractivity contribution is 0.152. The first kappa shape index (κ1) is 15.0. The number of benzene rings is 1. The second kappa shape index (κ2) is 6.76. The second-order valence-corrected chi connectivity index (χ2v) is 5.17. The third-order valence-electron chi connectivity index (χ3n) is 3.82. The molecule has 0 spiro atoms. The highest BCUT2D eigenvalue weighted by Gasteiger charge is 2.22. The third-order valence-corrected chi connectivity index (χ3v) is 3.82. The fraction of sp³-hybridized carbons (Fsp3) is 0.600. The molecule has 102 valence electrons. The molecule has 0 aliphatic carbocycles. The van der Waals surface area contributed by atoms with Gasteiger partial charge >= 0.3 is 0 Å². The molecule has 0 aromatic heterocycles. The van der Waals surface area contributed by atoms with Crippen LogP contribution in [0, 0.1) is 5.92 Å². The Morgan fingerprint density at radius 2 is 1.72 bits per heavy atom. The van der Waals surface area contributed by atoms with Crippen LogP contribution in [0.4, 0.5) is 0 Å². The van der Waals surface area contributed by atoms with Crippen LogP contribution in [-0.2, 0) is 0 Å². The van der Waals surface area contributed by atoms with E-state index in [2.05, 4.69) is 44.9 Å². The van der Waals surface area contributed by atoms with E-state index in [1.54, 1.807) is 7.11 Å². The molecule has 0 aliphatic heterocycles.